The predicted octanol–water partition coefficient (Wildman–Crippen LogP) is 2.48. The zero-order chi connectivity index (χ0) is 14.0. The summed E-state index contributed by atoms with van der Waals surface area (Å²) in [7, 11) is 1.65. The minimum Gasteiger partial charge on any atom is -0.392 e. The molecule has 19 heavy (non-hydrogen) atoms. The van der Waals surface area contributed by atoms with E-state index < -0.39 is 18.3 Å². The summed E-state index contributed by atoms with van der Waals surface area (Å²) in [6, 6.07) is 3.72. The minimum absolute atomic E-state index is 0.0285. The zero-order valence-electron chi connectivity index (χ0n) is 9.85. The van der Waals surface area contributed by atoms with Crippen LogP contribution in [0.1, 0.15) is 11.1 Å². The Kier molecular flexibility index (Phi) is 3.81. The van der Waals surface area contributed by atoms with Gasteiger partial charge >= 0.3 is 6.18 Å². The Balaban J connectivity index is 2.42. The number of hydrogen-bond acceptors (Lipinski definition) is 4. The van der Waals surface area contributed by atoms with Crippen LogP contribution in [0.25, 0.3) is 0 Å². The summed E-state index contributed by atoms with van der Waals surface area (Å²) >= 11 is 0.881. The summed E-state index contributed by atoms with van der Waals surface area (Å²) < 4.78 is 40.4. The maximum absolute atomic E-state index is 13.0. The summed E-state index contributed by atoms with van der Waals surface area (Å²) in [6.07, 6.45) is -3.07. The van der Waals surface area contributed by atoms with Crippen molar-refractivity contribution in [2.75, 3.05) is 0 Å². The number of aliphatic hydroxyl groups excluding tert-OH is 1. The highest BCUT2D eigenvalue weighted by atomic mass is 32.2. The zero-order valence-corrected chi connectivity index (χ0v) is 10.7. The highest BCUT2D eigenvalue weighted by molar-refractivity contribution is 7.99. The van der Waals surface area contributed by atoms with E-state index in [9.17, 15) is 13.2 Å². The van der Waals surface area contributed by atoms with Crippen molar-refractivity contribution in [3.63, 3.8) is 0 Å². The van der Waals surface area contributed by atoms with Gasteiger partial charge in [-0.05, 0) is 29.5 Å². The quantitative estimate of drug-likeness (QED) is 0.943. The molecular formula is C11H10F3N3OS. The lowest BCUT2D eigenvalue weighted by Crippen LogP contribution is -2.08. The lowest BCUT2D eigenvalue weighted by molar-refractivity contribution is -0.139. The molecule has 0 radical (unpaired) electrons. The molecule has 0 bridgehead atoms. The molecule has 2 aromatic rings. The Morgan fingerprint density at radius 3 is 2.63 bits per heavy atom. The van der Waals surface area contributed by atoms with E-state index in [4.69, 9.17) is 5.11 Å². The molecule has 0 aliphatic carbocycles. The molecule has 102 valence electrons. The lowest BCUT2D eigenvalue weighted by Gasteiger charge is -2.13. The van der Waals surface area contributed by atoms with Gasteiger partial charge in [0.25, 0.3) is 0 Å². The van der Waals surface area contributed by atoms with E-state index in [1.807, 2.05) is 0 Å². The third-order valence-corrected chi connectivity index (χ3v) is 3.53. The van der Waals surface area contributed by atoms with E-state index in [1.54, 1.807) is 7.05 Å². The topological polar surface area (TPSA) is 50.9 Å². The number of rotatable bonds is 3. The molecule has 0 amide bonds. The SMILES string of the molecule is Cn1cnnc1Sc1ccc(CO)cc1C(F)(F)F. The fraction of sp³-hybridized carbons (Fsp3) is 0.273. The van der Waals surface area contributed by atoms with Crippen LogP contribution in [0.15, 0.2) is 34.6 Å². The first-order valence-corrected chi connectivity index (χ1v) is 6.06. The number of benzene rings is 1. The molecule has 0 saturated carbocycles. The van der Waals surface area contributed by atoms with Crippen molar-refractivity contribution in [2.45, 2.75) is 22.8 Å². The van der Waals surface area contributed by atoms with E-state index >= 15 is 0 Å². The summed E-state index contributed by atoms with van der Waals surface area (Å²) in [5, 5.41) is 16.6. The van der Waals surface area contributed by atoms with Gasteiger partial charge in [0.2, 0.25) is 0 Å². The Bertz CT molecular complexity index is 583. The molecule has 0 fully saturated rings. The van der Waals surface area contributed by atoms with E-state index in [2.05, 4.69) is 10.2 Å². The van der Waals surface area contributed by atoms with Gasteiger partial charge in [-0.1, -0.05) is 6.07 Å². The molecule has 2 rings (SSSR count). The fourth-order valence-electron chi connectivity index (χ4n) is 1.45. The lowest BCUT2D eigenvalue weighted by atomic mass is 10.1. The number of nitrogens with zero attached hydrogens (tertiary/aromatic N) is 3. The molecule has 4 nitrogen and oxygen atoms in total. The highest BCUT2D eigenvalue weighted by Gasteiger charge is 2.34. The number of alkyl halides is 3. The van der Waals surface area contributed by atoms with Crippen molar-refractivity contribution in [3.8, 4) is 0 Å². The van der Waals surface area contributed by atoms with Crippen LogP contribution in [0, 0.1) is 0 Å². The van der Waals surface area contributed by atoms with Crippen molar-refractivity contribution in [1.82, 2.24) is 14.8 Å². The van der Waals surface area contributed by atoms with Gasteiger partial charge in [-0.3, -0.25) is 0 Å². The molecule has 0 saturated heterocycles. The van der Waals surface area contributed by atoms with Gasteiger partial charge in [0.15, 0.2) is 5.16 Å². The van der Waals surface area contributed by atoms with Gasteiger partial charge in [-0.25, -0.2) is 0 Å². The van der Waals surface area contributed by atoms with Crippen LogP contribution < -0.4 is 0 Å². The Morgan fingerprint density at radius 2 is 2.11 bits per heavy atom. The molecule has 0 atom stereocenters. The maximum Gasteiger partial charge on any atom is 0.417 e. The van der Waals surface area contributed by atoms with Crippen molar-refractivity contribution in [2.24, 2.45) is 7.05 Å². The van der Waals surface area contributed by atoms with Gasteiger partial charge in [-0.15, -0.1) is 10.2 Å². The number of aryl methyl sites for hydroxylation is 1. The van der Waals surface area contributed by atoms with Gasteiger partial charge in [-0.2, -0.15) is 13.2 Å². The number of halogens is 3. The smallest absolute Gasteiger partial charge is 0.392 e. The van der Waals surface area contributed by atoms with E-state index in [-0.39, 0.29) is 10.5 Å². The van der Waals surface area contributed by atoms with Crippen LogP contribution in [0.2, 0.25) is 0 Å². The summed E-state index contributed by atoms with van der Waals surface area (Å²) in [5.74, 6) is 0. The van der Waals surface area contributed by atoms with E-state index in [1.165, 1.54) is 23.0 Å². The molecule has 1 heterocycles. The Morgan fingerprint density at radius 1 is 1.37 bits per heavy atom. The van der Waals surface area contributed by atoms with Crippen LogP contribution in [0.4, 0.5) is 13.2 Å². The van der Waals surface area contributed by atoms with Crippen LogP contribution >= 0.6 is 11.8 Å². The molecule has 1 N–H and O–H groups in total. The second-order valence-corrected chi connectivity index (χ2v) is 4.82. The molecule has 8 heteroatoms. The second kappa shape index (κ2) is 5.22. The molecule has 1 aromatic carbocycles. The van der Waals surface area contributed by atoms with Crippen LogP contribution in [-0.4, -0.2) is 19.9 Å². The van der Waals surface area contributed by atoms with Gasteiger partial charge in [0.1, 0.15) is 6.33 Å². The molecule has 0 aliphatic heterocycles. The molecule has 0 aliphatic rings. The first-order valence-electron chi connectivity index (χ1n) is 5.24. The third kappa shape index (κ3) is 3.07. The summed E-state index contributed by atoms with van der Waals surface area (Å²) in [4.78, 5) is 0.0285. The number of aromatic nitrogens is 3. The van der Waals surface area contributed by atoms with Gasteiger partial charge < -0.3 is 9.67 Å². The van der Waals surface area contributed by atoms with E-state index in [0.717, 1.165) is 17.8 Å². The Labute approximate surface area is 111 Å². The predicted molar refractivity (Wildman–Crippen MR) is 62.5 cm³/mol. The normalized spacial score (nSPS) is 11.8. The van der Waals surface area contributed by atoms with Crippen LogP contribution in [-0.2, 0) is 19.8 Å². The van der Waals surface area contributed by atoms with Gasteiger partial charge in [0, 0.05) is 11.9 Å². The molecular weight excluding hydrogens is 279 g/mol. The Hall–Kier alpha value is -1.54. The van der Waals surface area contributed by atoms with Crippen molar-refractivity contribution >= 4 is 11.8 Å². The fourth-order valence-corrected chi connectivity index (χ4v) is 2.35. The van der Waals surface area contributed by atoms with Crippen LogP contribution in [0.5, 0.6) is 0 Å². The average molecular weight is 289 g/mol. The highest BCUT2D eigenvalue weighted by Crippen LogP contribution is 2.39. The second-order valence-electron chi connectivity index (χ2n) is 3.81. The summed E-state index contributed by atoms with van der Waals surface area (Å²) in [5.41, 5.74) is -0.568. The van der Waals surface area contributed by atoms with Crippen molar-refractivity contribution < 1.29 is 18.3 Å². The van der Waals surface area contributed by atoms with Crippen molar-refractivity contribution in [3.05, 3.63) is 35.7 Å². The average Bonchev–Trinajstić information content (AvgIpc) is 2.74. The first-order chi connectivity index (χ1) is 8.91. The standard InChI is InChI=1S/C11H10F3N3OS/c1-17-6-15-16-10(17)19-9-3-2-7(5-18)4-8(9)11(12,13)14/h2-4,6,18H,5H2,1H3. The molecule has 0 unspecified atom stereocenters. The summed E-state index contributed by atoms with van der Waals surface area (Å²) in [6.45, 7) is -0.433. The number of hydrogen-bond donors (Lipinski definition) is 1. The molecule has 1 aromatic heterocycles. The molecule has 0 spiro atoms. The van der Waals surface area contributed by atoms with Crippen molar-refractivity contribution in [1.29, 1.82) is 0 Å². The monoisotopic (exact) mass is 289 g/mol. The first kappa shape index (κ1) is 13.9. The maximum atomic E-state index is 13.0. The largest absolute Gasteiger partial charge is 0.417 e. The number of aliphatic hydroxyl groups is 1. The van der Waals surface area contributed by atoms with E-state index in [0.29, 0.717) is 5.16 Å². The third-order valence-electron chi connectivity index (χ3n) is 2.40. The van der Waals surface area contributed by atoms with Crippen LogP contribution in [0.3, 0.4) is 0 Å². The minimum atomic E-state index is -4.48. The van der Waals surface area contributed by atoms with Gasteiger partial charge in [0.05, 0.1) is 12.2 Å².